The van der Waals surface area contributed by atoms with Crippen LogP contribution in [0.2, 0.25) is 0 Å². The molecular formula is C16H19NO3. The summed E-state index contributed by atoms with van der Waals surface area (Å²) in [6.07, 6.45) is 4.21. The summed E-state index contributed by atoms with van der Waals surface area (Å²) in [5.41, 5.74) is 2.09. The van der Waals surface area contributed by atoms with Crippen molar-refractivity contribution in [1.82, 2.24) is 4.98 Å². The highest BCUT2D eigenvalue weighted by molar-refractivity contribution is 5.43. The topological polar surface area (TPSA) is 51.6 Å². The summed E-state index contributed by atoms with van der Waals surface area (Å²) in [4.78, 5) is 3.97. The van der Waals surface area contributed by atoms with Gasteiger partial charge in [0.2, 0.25) is 0 Å². The predicted molar refractivity (Wildman–Crippen MR) is 77.2 cm³/mol. The molecule has 1 aromatic carbocycles. The maximum Gasteiger partial charge on any atom is 0.160 e. The molecule has 0 spiro atoms. The molecule has 0 aliphatic rings. The minimum Gasteiger partial charge on any atom is -0.493 e. The van der Waals surface area contributed by atoms with Gasteiger partial charge >= 0.3 is 0 Å². The highest BCUT2D eigenvalue weighted by atomic mass is 16.5. The Morgan fingerprint density at radius 2 is 1.60 bits per heavy atom. The Bertz CT molecular complexity index is 543. The van der Waals surface area contributed by atoms with Crippen molar-refractivity contribution in [2.45, 2.75) is 18.9 Å². The fourth-order valence-corrected chi connectivity index (χ4v) is 2.14. The number of ether oxygens (including phenoxy) is 2. The fraction of sp³-hybridized carbons (Fsp3) is 0.312. The zero-order chi connectivity index (χ0) is 14.4. The average molecular weight is 273 g/mol. The van der Waals surface area contributed by atoms with Gasteiger partial charge in [0, 0.05) is 12.4 Å². The van der Waals surface area contributed by atoms with Crippen LogP contribution in [-0.2, 0) is 12.8 Å². The van der Waals surface area contributed by atoms with Crippen LogP contribution in [-0.4, -0.2) is 30.4 Å². The van der Waals surface area contributed by atoms with Gasteiger partial charge in [-0.15, -0.1) is 0 Å². The first-order valence-electron chi connectivity index (χ1n) is 6.50. The van der Waals surface area contributed by atoms with Gasteiger partial charge in [-0.25, -0.2) is 0 Å². The molecule has 1 aromatic heterocycles. The van der Waals surface area contributed by atoms with Crippen LogP contribution in [0.3, 0.4) is 0 Å². The van der Waals surface area contributed by atoms with E-state index >= 15 is 0 Å². The summed E-state index contributed by atoms with van der Waals surface area (Å²) in [6, 6.07) is 9.52. The molecule has 0 amide bonds. The van der Waals surface area contributed by atoms with E-state index in [4.69, 9.17) is 9.47 Å². The van der Waals surface area contributed by atoms with Crippen LogP contribution in [0.15, 0.2) is 42.7 Å². The van der Waals surface area contributed by atoms with Crippen LogP contribution < -0.4 is 9.47 Å². The van der Waals surface area contributed by atoms with Gasteiger partial charge < -0.3 is 14.6 Å². The van der Waals surface area contributed by atoms with Gasteiger partial charge in [-0.2, -0.15) is 0 Å². The Morgan fingerprint density at radius 3 is 2.25 bits per heavy atom. The van der Waals surface area contributed by atoms with E-state index in [1.165, 1.54) is 0 Å². The van der Waals surface area contributed by atoms with Gasteiger partial charge in [0.1, 0.15) is 0 Å². The first kappa shape index (κ1) is 14.3. The summed E-state index contributed by atoms with van der Waals surface area (Å²) in [5, 5.41) is 10.2. The first-order chi connectivity index (χ1) is 9.72. The Balaban J connectivity index is 2.02. The van der Waals surface area contributed by atoms with Crippen LogP contribution in [0.1, 0.15) is 11.1 Å². The lowest BCUT2D eigenvalue weighted by atomic mass is 10.0. The predicted octanol–water partition coefficient (Wildman–Crippen LogP) is 2.24. The molecule has 2 rings (SSSR count). The van der Waals surface area contributed by atoms with Crippen molar-refractivity contribution in [3.8, 4) is 11.5 Å². The van der Waals surface area contributed by atoms with Crippen molar-refractivity contribution >= 4 is 0 Å². The summed E-state index contributed by atoms with van der Waals surface area (Å²) >= 11 is 0. The largest absolute Gasteiger partial charge is 0.493 e. The lowest BCUT2D eigenvalue weighted by Gasteiger charge is -2.13. The lowest BCUT2D eigenvalue weighted by molar-refractivity contribution is 0.175. The second-order valence-electron chi connectivity index (χ2n) is 4.61. The smallest absolute Gasteiger partial charge is 0.160 e. The number of benzene rings is 1. The third-order valence-electron chi connectivity index (χ3n) is 3.14. The molecule has 0 saturated heterocycles. The van der Waals surface area contributed by atoms with Crippen LogP contribution in [0.4, 0.5) is 0 Å². The molecule has 1 N–H and O–H groups in total. The van der Waals surface area contributed by atoms with Crippen LogP contribution in [0.5, 0.6) is 11.5 Å². The lowest BCUT2D eigenvalue weighted by Crippen LogP contribution is -2.14. The molecule has 0 radical (unpaired) electrons. The molecule has 0 aliphatic heterocycles. The highest BCUT2D eigenvalue weighted by Gasteiger charge is 2.10. The number of rotatable bonds is 6. The second kappa shape index (κ2) is 6.91. The molecule has 0 fully saturated rings. The molecule has 1 atom stereocenters. The van der Waals surface area contributed by atoms with Gasteiger partial charge in [-0.05, 0) is 48.2 Å². The third-order valence-corrected chi connectivity index (χ3v) is 3.14. The van der Waals surface area contributed by atoms with E-state index in [1.807, 2.05) is 30.3 Å². The highest BCUT2D eigenvalue weighted by Crippen LogP contribution is 2.28. The van der Waals surface area contributed by atoms with Crippen molar-refractivity contribution < 1.29 is 14.6 Å². The molecule has 1 unspecified atom stereocenters. The van der Waals surface area contributed by atoms with Crippen LogP contribution in [0.25, 0.3) is 0 Å². The van der Waals surface area contributed by atoms with E-state index in [0.29, 0.717) is 24.3 Å². The van der Waals surface area contributed by atoms with E-state index in [1.54, 1.807) is 26.6 Å². The Hall–Kier alpha value is -2.07. The first-order valence-corrected chi connectivity index (χ1v) is 6.50. The fourth-order valence-electron chi connectivity index (χ4n) is 2.14. The number of aliphatic hydroxyl groups excluding tert-OH is 1. The number of methoxy groups -OCH3 is 2. The minimum absolute atomic E-state index is 0.435. The third kappa shape index (κ3) is 3.71. The molecular weight excluding hydrogens is 254 g/mol. The number of hydrogen-bond donors (Lipinski definition) is 1. The van der Waals surface area contributed by atoms with Crippen LogP contribution >= 0.6 is 0 Å². The Morgan fingerprint density at radius 1 is 0.950 bits per heavy atom. The molecule has 4 nitrogen and oxygen atoms in total. The quantitative estimate of drug-likeness (QED) is 0.877. The Labute approximate surface area is 119 Å². The summed E-state index contributed by atoms with van der Waals surface area (Å²) < 4.78 is 10.5. The van der Waals surface area contributed by atoms with E-state index in [2.05, 4.69) is 4.98 Å². The van der Waals surface area contributed by atoms with E-state index in [0.717, 1.165) is 11.1 Å². The standard InChI is InChI=1S/C16H19NO3/c1-19-15-4-3-13(11-16(15)20-2)10-14(18)9-12-5-7-17-8-6-12/h3-8,11,14,18H,9-10H2,1-2H3. The maximum atomic E-state index is 10.2. The molecule has 1 heterocycles. The summed E-state index contributed by atoms with van der Waals surface area (Å²) in [6.45, 7) is 0. The SMILES string of the molecule is COc1ccc(CC(O)Cc2ccncc2)cc1OC. The van der Waals surface area contributed by atoms with Crippen molar-refractivity contribution in [2.24, 2.45) is 0 Å². The van der Waals surface area contributed by atoms with Gasteiger partial charge in [-0.3, -0.25) is 4.98 Å². The minimum atomic E-state index is -0.435. The number of hydrogen-bond acceptors (Lipinski definition) is 4. The number of aromatic nitrogens is 1. The number of aliphatic hydroxyl groups is 1. The van der Waals surface area contributed by atoms with Gasteiger partial charge in [0.05, 0.1) is 20.3 Å². The van der Waals surface area contributed by atoms with Crippen molar-refractivity contribution in [1.29, 1.82) is 0 Å². The zero-order valence-corrected chi connectivity index (χ0v) is 11.7. The van der Waals surface area contributed by atoms with E-state index in [-0.39, 0.29) is 0 Å². The monoisotopic (exact) mass is 273 g/mol. The summed E-state index contributed by atoms with van der Waals surface area (Å²) in [7, 11) is 3.21. The second-order valence-corrected chi connectivity index (χ2v) is 4.61. The molecule has 0 aliphatic carbocycles. The Kier molecular flexibility index (Phi) is 4.96. The van der Waals surface area contributed by atoms with Crippen molar-refractivity contribution in [3.63, 3.8) is 0 Å². The molecule has 2 aromatic rings. The average Bonchev–Trinajstić information content (AvgIpc) is 2.48. The van der Waals surface area contributed by atoms with Crippen molar-refractivity contribution in [3.05, 3.63) is 53.9 Å². The number of pyridine rings is 1. The molecule has 0 bridgehead atoms. The number of nitrogens with zero attached hydrogens (tertiary/aromatic N) is 1. The van der Waals surface area contributed by atoms with Gasteiger partial charge in [-0.1, -0.05) is 6.07 Å². The normalized spacial score (nSPS) is 11.9. The zero-order valence-electron chi connectivity index (χ0n) is 11.7. The van der Waals surface area contributed by atoms with E-state index in [9.17, 15) is 5.11 Å². The molecule has 4 heteroatoms. The van der Waals surface area contributed by atoms with Gasteiger partial charge in [0.25, 0.3) is 0 Å². The maximum absolute atomic E-state index is 10.2. The van der Waals surface area contributed by atoms with Crippen LogP contribution in [0, 0.1) is 0 Å². The van der Waals surface area contributed by atoms with Crippen molar-refractivity contribution in [2.75, 3.05) is 14.2 Å². The summed E-state index contributed by atoms with van der Waals surface area (Å²) in [5.74, 6) is 1.38. The van der Waals surface area contributed by atoms with Gasteiger partial charge in [0.15, 0.2) is 11.5 Å². The molecule has 106 valence electrons. The molecule has 20 heavy (non-hydrogen) atoms. The molecule has 0 saturated carbocycles. The van der Waals surface area contributed by atoms with E-state index < -0.39 is 6.10 Å².